The van der Waals surface area contributed by atoms with E-state index < -0.39 is 15.8 Å². The third-order valence-corrected chi connectivity index (χ3v) is 5.94. The zero-order valence-corrected chi connectivity index (χ0v) is 13.2. The van der Waals surface area contributed by atoms with Crippen molar-refractivity contribution in [2.45, 2.75) is 13.3 Å². The lowest BCUT2D eigenvalue weighted by molar-refractivity contribution is 0.384. The third-order valence-electron chi connectivity index (χ3n) is 3.86. The van der Waals surface area contributed by atoms with Crippen LogP contribution in [0, 0.1) is 0 Å². The summed E-state index contributed by atoms with van der Waals surface area (Å²) < 4.78 is 30.7. The van der Waals surface area contributed by atoms with E-state index in [9.17, 15) is 13.2 Å². The SMILES string of the molecule is CCCS(=O)(=O)N1CCN(c2ccc3[nH]c(=O)oc3c2)CC1. The van der Waals surface area contributed by atoms with E-state index in [1.165, 1.54) is 0 Å². The van der Waals surface area contributed by atoms with Gasteiger partial charge in [-0.1, -0.05) is 6.92 Å². The molecule has 0 amide bonds. The van der Waals surface area contributed by atoms with Crippen molar-refractivity contribution in [1.82, 2.24) is 9.29 Å². The van der Waals surface area contributed by atoms with E-state index >= 15 is 0 Å². The molecule has 0 atom stereocenters. The van der Waals surface area contributed by atoms with Crippen LogP contribution in [-0.4, -0.2) is 49.6 Å². The van der Waals surface area contributed by atoms with E-state index in [1.54, 1.807) is 10.4 Å². The van der Waals surface area contributed by atoms with Crippen molar-refractivity contribution in [2.24, 2.45) is 0 Å². The van der Waals surface area contributed by atoms with E-state index in [-0.39, 0.29) is 5.75 Å². The predicted octanol–water partition coefficient (Wildman–Crippen LogP) is 0.983. The first-order valence-corrected chi connectivity index (χ1v) is 8.96. The summed E-state index contributed by atoms with van der Waals surface area (Å²) in [6, 6.07) is 5.52. The summed E-state index contributed by atoms with van der Waals surface area (Å²) in [5, 5.41) is 0. The molecule has 120 valence electrons. The molecular formula is C14H19N3O4S. The Labute approximate surface area is 128 Å². The van der Waals surface area contributed by atoms with Gasteiger partial charge < -0.3 is 9.32 Å². The van der Waals surface area contributed by atoms with Gasteiger partial charge >= 0.3 is 5.76 Å². The molecule has 0 spiro atoms. The number of anilines is 1. The molecule has 8 heteroatoms. The van der Waals surface area contributed by atoms with Gasteiger partial charge in [0.1, 0.15) is 0 Å². The van der Waals surface area contributed by atoms with Crippen LogP contribution >= 0.6 is 0 Å². The fourth-order valence-electron chi connectivity index (χ4n) is 2.74. The molecular weight excluding hydrogens is 306 g/mol. The van der Waals surface area contributed by atoms with Crippen LogP contribution in [0.3, 0.4) is 0 Å². The molecule has 2 aromatic rings. The molecule has 1 aliphatic rings. The number of aromatic nitrogens is 1. The summed E-state index contributed by atoms with van der Waals surface area (Å²) in [5.41, 5.74) is 2.12. The Morgan fingerprint density at radius 1 is 1.23 bits per heavy atom. The smallest absolute Gasteiger partial charge is 0.408 e. The maximum absolute atomic E-state index is 12.1. The fourth-order valence-corrected chi connectivity index (χ4v) is 4.24. The Hall–Kier alpha value is -1.80. The van der Waals surface area contributed by atoms with E-state index in [0.29, 0.717) is 43.7 Å². The third kappa shape index (κ3) is 2.89. The standard InChI is InChI=1S/C14H19N3O4S/c1-2-9-22(19,20)17-7-5-16(6-8-17)11-3-4-12-13(10-11)21-14(18)15-12/h3-4,10H,2,5-9H2,1H3,(H,15,18). The first kappa shape index (κ1) is 15.1. The van der Waals surface area contributed by atoms with E-state index in [2.05, 4.69) is 9.88 Å². The van der Waals surface area contributed by atoms with Crippen LogP contribution in [0.25, 0.3) is 11.1 Å². The molecule has 0 radical (unpaired) electrons. The summed E-state index contributed by atoms with van der Waals surface area (Å²) in [7, 11) is -3.13. The van der Waals surface area contributed by atoms with Gasteiger partial charge in [-0.25, -0.2) is 13.2 Å². The number of oxazole rings is 1. The van der Waals surface area contributed by atoms with Gasteiger partial charge in [-0.05, 0) is 18.6 Å². The summed E-state index contributed by atoms with van der Waals surface area (Å²) in [6.45, 7) is 4.09. The van der Waals surface area contributed by atoms with Crippen LogP contribution in [0.1, 0.15) is 13.3 Å². The monoisotopic (exact) mass is 325 g/mol. The second-order valence-electron chi connectivity index (χ2n) is 5.40. The molecule has 1 aliphatic heterocycles. The lowest BCUT2D eigenvalue weighted by atomic mass is 10.2. The maximum atomic E-state index is 12.1. The number of benzene rings is 1. The van der Waals surface area contributed by atoms with Crippen molar-refractivity contribution in [3.63, 3.8) is 0 Å². The molecule has 0 saturated carbocycles. The van der Waals surface area contributed by atoms with Crippen molar-refractivity contribution < 1.29 is 12.8 Å². The highest BCUT2D eigenvalue weighted by molar-refractivity contribution is 7.89. The lowest BCUT2D eigenvalue weighted by Gasteiger charge is -2.35. The van der Waals surface area contributed by atoms with Crippen LogP contribution in [-0.2, 0) is 10.0 Å². The van der Waals surface area contributed by atoms with Crippen LogP contribution < -0.4 is 10.7 Å². The number of rotatable bonds is 4. The normalized spacial score (nSPS) is 17.2. The number of hydrogen-bond donors (Lipinski definition) is 1. The Kier molecular flexibility index (Phi) is 3.96. The van der Waals surface area contributed by atoms with Crippen LogP contribution in [0.4, 0.5) is 5.69 Å². The van der Waals surface area contributed by atoms with E-state index in [4.69, 9.17) is 4.42 Å². The molecule has 3 rings (SSSR count). The van der Waals surface area contributed by atoms with E-state index in [1.807, 2.05) is 19.1 Å². The largest absolute Gasteiger partial charge is 0.417 e. The minimum atomic E-state index is -3.13. The van der Waals surface area contributed by atoms with Crippen molar-refractivity contribution in [2.75, 3.05) is 36.8 Å². The molecule has 1 aromatic carbocycles. The van der Waals surface area contributed by atoms with Gasteiger partial charge in [0.25, 0.3) is 0 Å². The minimum absolute atomic E-state index is 0.202. The lowest BCUT2D eigenvalue weighted by Crippen LogP contribution is -2.49. The highest BCUT2D eigenvalue weighted by Crippen LogP contribution is 2.22. The Bertz CT molecular complexity index is 816. The minimum Gasteiger partial charge on any atom is -0.408 e. The summed E-state index contributed by atoms with van der Waals surface area (Å²) in [6.07, 6.45) is 0.631. The average Bonchev–Trinajstić information content (AvgIpc) is 2.86. The molecule has 0 unspecified atom stereocenters. The van der Waals surface area contributed by atoms with Gasteiger partial charge in [0.2, 0.25) is 10.0 Å². The van der Waals surface area contributed by atoms with Crippen molar-refractivity contribution in [3.8, 4) is 0 Å². The zero-order valence-electron chi connectivity index (χ0n) is 12.4. The first-order valence-electron chi connectivity index (χ1n) is 7.35. The van der Waals surface area contributed by atoms with Gasteiger partial charge in [-0.3, -0.25) is 4.98 Å². The number of piperazine rings is 1. The number of nitrogens with one attached hydrogen (secondary N) is 1. The van der Waals surface area contributed by atoms with Crippen molar-refractivity contribution in [3.05, 3.63) is 28.7 Å². The molecule has 7 nitrogen and oxygen atoms in total. The molecule has 0 aliphatic carbocycles. The molecule has 1 N–H and O–H groups in total. The van der Waals surface area contributed by atoms with Gasteiger partial charge in [-0.2, -0.15) is 4.31 Å². The van der Waals surface area contributed by atoms with Crippen LogP contribution in [0.2, 0.25) is 0 Å². The van der Waals surface area contributed by atoms with Gasteiger partial charge in [-0.15, -0.1) is 0 Å². The first-order chi connectivity index (χ1) is 10.5. The topological polar surface area (TPSA) is 86.6 Å². The molecule has 0 bridgehead atoms. The van der Waals surface area contributed by atoms with Gasteiger partial charge in [0.05, 0.1) is 11.3 Å². The fraction of sp³-hybridized carbons (Fsp3) is 0.500. The number of sulfonamides is 1. The number of hydrogen-bond acceptors (Lipinski definition) is 5. The number of fused-ring (bicyclic) bond motifs is 1. The summed E-state index contributed by atoms with van der Waals surface area (Å²) in [5.74, 6) is -0.268. The molecule has 2 heterocycles. The van der Waals surface area contributed by atoms with Crippen molar-refractivity contribution in [1.29, 1.82) is 0 Å². The zero-order chi connectivity index (χ0) is 15.7. The second kappa shape index (κ2) is 5.77. The molecule has 1 saturated heterocycles. The van der Waals surface area contributed by atoms with Crippen LogP contribution in [0.5, 0.6) is 0 Å². The van der Waals surface area contributed by atoms with E-state index in [0.717, 1.165) is 5.69 Å². The number of H-pyrrole nitrogens is 1. The quantitative estimate of drug-likeness (QED) is 0.905. The number of aromatic amines is 1. The van der Waals surface area contributed by atoms with Crippen LogP contribution in [0.15, 0.2) is 27.4 Å². The highest BCUT2D eigenvalue weighted by atomic mass is 32.2. The molecule has 1 aromatic heterocycles. The molecule has 22 heavy (non-hydrogen) atoms. The average molecular weight is 325 g/mol. The van der Waals surface area contributed by atoms with Crippen molar-refractivity contribution >= 4 is 26.8 Å². The Balaban J connectivity index is 1.73. The molecule has 1 fully saturated rings. The summed E-state index contributed by atoms with van der Waals surface area (Å²) in [4.78, 5) is 15.9. The second-order valence-corrected chi connectivity index (χ2v) is 7.49. The number of nitrogens with zero attached hydrogens (tertiary/aromatic N) is 2. The Morgan fingerprint density at radius 2 is 1.95 bits per heavy atom. The van der Waals surface area contributed by atoms with Gasteiger partial charge in [0.15, 0.2) is 5.58 Å². The summed E-state index contributed by atoms with van der Waals surface area (Å²) >= 11 is 0. The predicted molar refractivity (Wildman–Crippen MR) is 84.7 cm³/mol. The van der Waals surface area contributed by atoms with Gasteiger partial charge in [0, 0.05) is 37.9 Å². The highest BCUT2D eigenvalue weighted by Gasteiger charge is 2.26. The maximum Gasteiger partial charge on any atom is 0.417 e. The Morgan fingerprint density at radius 3 is 2.64 bits per heavy atom.